The highest BCUT2D eigenvalue weighted by Gasteiger charge is 2.32. The van der Waals surface area contributed by atoms with Crippen LogP contribution in [0.1, 0.15) is 16.8 Å². The van der Waals surface area contributed by atoms with Crippen LogP contribution < -0.4 is 4.74 Å². The molecule has 1 aromatic carbocycles. The fourth-order valence-electron chi connectivity index (χ4n) is 2.83. The van der Waals surface area contributed by atoms with E-state index in [-0.39, 0.29) is 17.9 Å². The quantitative estimate of drug-likeness (QED) is 0.789. The fraction of sp³-hybridized carbons (Fsp3) is 0.562. The average molecular weight is 292 g/mol. The van der Waals surface area contributed by atoms with Crippen LogP contribution in [0, 0.1) is 0 Å². The Labute approximate surface area is 126 Å². The van der Waals surface area contributed by atoms with Gasteiger partial charge in [-0.25, -0.2) is 0 Å². The molecule has 2 rings (SSSR count). The van der Waals surface area contributed by atoms with Crippen molar-refractivity contribution in [3.8, 4) is 5.75 Å². The van der Waals surface area contributed by atoms with Crippen LogP contribution in [0.5, 0.6) is 5.75 Å². The number of rotatable bonds is 6. The number of β-amino-alcohol motifs (C(OH)–C–C–N with tert-alkyl or cyclic N) is 1. The molecule has 0 spiro atoms. The molecule has 1 N–H and O–H groups in total. The topological polar surface area (TPSA) is 53.0 Å². The number of hydrogen-bond acceptors (Lipinski definition) is 5. The summed E-state index contributed by atoms with van der Waals surface area (Å²) in [6, 6.07) is 7.44. The van der Waals surface area contributed by atoms with Crippen molar-refractivity contribution in [3.05, 3.63) is 29.8 Å². The first kappa shape index (κ1) is 15.9. The number of likely N-dealkylation sites (tertiary alicyclic amines) is 1. The monoisotopic (exact) mass is 292 g/mol. The highest BCUT2D eigenvalue weighted by Crippen LogP contribution is 2.20. The minimum Gasteiger partial charge on any atom is -0.497 e. The number of carbonyl (C=O) groups is 1. The maximum atomic E-state index is 12.4. The lowest BCUT2D eigenvalue weighted by molar-refractivity contribution is 0.0902. The summed E-state index contributed by atoms with van der Waals surface area (Å²) >= 11 is 0. The van der Waals surface area contributed by atoms with Crippen LogP contribution in [0.4, 0.5) is 0 Å². The molecule has 1 aliphatic heterocycles. The molecular formula is C16H24N2O3. The summed E-state index contributed by atoms with van der Waals surface area (Å²) in [7, 11) is 5.60. The minimum absolute atomic E-state index is 0.0618. The molecule has 0 aliphatic carbocycles. The molecule has 116 valence electrons. The number of carbonyl (C=O) groups excluding carboxylic acids is 1. The van der Waals surface area contributed by atoms with E-state index in [1.807, 2.05) is 26.2 Å². The summed E-state index contributed by atoms with van der Waals surface area (Å²) in [5, 5.41) is 9.86. The largest absolute Gasteiger partial charge is 0.497 e. The Hall–Kier alpha value is -1.43. The van der Waals surface area contributed by atoms with Crippen molar-refractivity contribution in [1.29, 1.82) is 0 Å². The van der Waals surface area contributed by atoms with Crippen LogP contribution in [0.25, 0.3) is 0 Å². The maximum Gasteiger partial charge on any atom is 0.176 e. The summed E-state index contributed by atoms with van der Waals surface area (Å²) in [6.07, 6.45) is 0.386. The predicted molar refractivity (Wildman–Crippen MR) is 81.9 cm³/mol. The summed E-state index contributed by atoms with van der Waals surface area (Å²) in [5.41, 5.74) is 0.652. The van der Waals surface area contributed by atoms with Crippen LogP contribution in [0.15, 0.2) is 24.3 Å². The summed E-state index contributed by atoms with van der Waals surface area (Å²) in [5.74, 6) is 0.749. The Morgan fingerprint density at radius 1 is 1.48 bits per heavy atom. The third-order valence-electron chi connectivity index (χ3n) is 3.82. The minimum atomic E-state index is -0.340. The van der Waals surface area contributed by atoms with Crippen molar-refractivity contribution in [2.24, 2.45) is 0 Å². The molecule has 0 saturated carbocycles. The van der Waals surface area contributed by atoms with E-state index in [0.717, 1.165) is 13.0 Å². The molecule has 1 aromatic rings. The molecule has 1 aliphatic rings. The molecule has 5 heteroatoms. The van der Waals surface area contributed by atoms with E-state index < -0.39 is 0 Å². The van der Waals surface area contributed by atoms with Crippen LogP contribution in [-0.4, -0.2) is 73.7 Å². The molecule has 0 aromatic heterocycles. The van der Waals surface area contributed by atoms with Gasteiger partial charge in [-0.05, 0) is 32.6 Å². The number of Topliss-reactive ketones (excluding diaryl/α,β-unsaturated/α-hetero) is 1. The maximum absolute atomic E-state index is 12.4. The zero-order valence-electron chi connectivity index (χ0n) is 13.0. The van der Waals surface area contributed by atoms with E-state index in [0.29, 0.717) is 24.4 Å². The number of aliphatic hydroxyl groups excluding tert-OH is 1. The van der Waals surface area contributed by atoms with Gasteiger partial charge in [0.05, 0.1) is 19.8 Å². The fourth-order valence-corrected chi connectivity index (χ4v) is 2.83. The summed E-state index contributed by atoms with van der Waals surface area (Å²) in [6.45, 7) is 1.75. The highest BCUT2D eigenvalue weighted by molar-refractivity contribution is 5.98. The van der Waals surface area contributed by atoms with Crippen molar-refractivity contribution in [2.75, 3.05) is 40.8 Å². The molecule has 2 atom stereocenters. The number of methoxy groups -OCH3 is 1. The van der Waals surface area contributed by atoms with E-state index >= 15 is 0 Å². The Balaban J connectivity index is 2.03. The highest BCUT2D eigenvalue weighted by atomic mass is 16.5. The molecule has 0 amide bonds. The average Bonchev–Trinajstić information content (AvgIpc) is 2.77. The smallest absolute Gasteiger partial charge is 0.176 e. The van der Waals surface area contributed by atoms with Gasteiger partial charge in [0.15, 0.2) is 5.78 Å². The van der Waals surface area contributed by atoms with Crippen molar-refractivity contribution < 1.29 is 14.6 Å². The first-order valence-corrected chi connectivity index (χ1v) is 7.23. The molecular weight excluding hydrogens is 268 g/mol. The Bertz CT molecular complexity index is 490. The Kier molecular flexibility index (Phi) is 5.33. The van der Waals surface area contributed by atoms with Crippen molar-refractivity contribution in [1.82, 2.24) is 9.80 Å². The van der Waals surface area contributed by atoms with Crippen LogP contribution >= 0.6 is 0 Å². The van der Waals surface area contributed by atoms with Gasteiger partial charge in [0.25, 0.3) is 0 Å². The zero-order valence-corrected chi connectivity index (χ0v) is 13.0. The van der Waals surface area contributed by atoms with E-state index in [2.05, 4.69) is 9.80 Å². The third kappa shape index (κ3) is 4.27. The number of hydrogen-bond donors (Lipinski definition) is 1. The lowest BCUT2D eigenvalue weighted by atomic mass is 10.1. The van der Waals surface area contributed by atoms with E-state index in [1.165, 1.54) is 0 Å². The number of nitrogens with zero attached hydrogens (tertiary/aromatic N) is 2. The normalized spacial score (nSPS) is 22.7. The van der Waals surface area contributed by atoms with E-state index in [1.54, 1.807) is 19.2 Å². The third-order valence-corrected chi connectivity index (χ3v) is 3.82. The molecule has 1 fully saturated rings. The number of benzene rings is 1. The second-order valence-electron chi connectivity index (χ2n) is 5.89. The van der Waals surface area contributed by atoms with Gasteiger partial charge in [0.1, 0.15) is 5.75 Å². The molecule has 21 heavy (non-hydrogen) atoms. The number of ketones is 1. The molecule has 1 heterocycles. The molecule has 2 unspecified atom stereocenters. The Morgan fingerprint density at radius 2 is 2.24 bits per heavy atom. The van der Waals surface area contributed by atoms with Crippen LogP contribution in [0.3, 0.4) is 0 Å². The standard InChI is InChI=1S/C16H24N2O3/c1-17(2)9-13-8-14(19)10-18(13)11-16(20)12-5-4-6-15(7-12)21-3/h4-7,13-14,19H,8-11H2,1-3H3. The number of aliphatic hydroxyl groups is 1. The van der Waals surface area contributed by atoms with E-state index in [9.17, 15) is 9.90 Å². The van der Waals surface area contributed by atoms with Gasteiger partial charge < -0.3 is 14.7 Å². The second-order valence-corrected chi connectivity index (χ2v) is 5.89. The van der Waals surface area contributed by atoms with Gasteiger partial charge >= 0.3 is 0 Å². The van der Waals surface area contributed by atoms with Gasteiger partial charge in [0.2, 0.25) is 0 Å². The van der Waals surface area contributed by atoms with Gasteiger partial charge in [0, 0.05) is 24.7 Å². The first-order valence-electron chi connectivity index (χ1n) is 7.23. The van der Waals surface area contributed by atoms with Gasteiger partial charge in [-0.2, -0.15) is 0 Å². The predicted octanol–water partition coefficient (Wildman–Crippen LogP) is 0.875. The molecule has 0 bridgehead atoms. The van der Waals surface area contributed by atoms with Gasteiger partial charge in [-0.15, -0.1) is 0 Å². The van der Waals surface area contributed by atoms with Crippen LogP contribution in [0.2, 0.25) is 0 Å². The second kappa shape index (κ2) is 7.02. The summed E-state index contributed by atoms with van der Waals surface area (Å²) in [4.78, 5) is 16.6. The van der Waals surface area contributed by atoms with E-state index in [4.69, 9.17) is 4.74 Å². The van der Waals surface area contributed by atoms with Crippen molar-refractivity contribution >= 4 is 5.78 Å². The lowest BCUT2D eigenvalue weighted by Crippen LogP contribution is -2.40. The van der Waals surface area contributed by atoms with Crippen molar-refractivity contribution in [3.63, 3.8) is 0 Å². The van der Waals surface area contributed by atoms with Gasteiger partial charge in [-0.3, -0.25) is 9.69 Å². The Morgan fingerprint density at radius 3 is 2.90 bits per heavy atom. The first-order chi connectivity index (χ1) is 9.99. The lowest BCUT2D eigenvalue weighted by Gasteiger charge is -2.26. The SMILES string of the molecule is COc1cccc(C(=O)CN2CC(O)CC2CN(C)C)c1. The number of ether oxygens (including phenoxy) is 1. The van der Waals surface area contributed by atoms with Crippen molar-refractivity contribution in [2.45, 2.75) is 18.6 Å². The van der Waals surface area contributed by atoms with Gasteiger partial charge in [-0.1, -0.05) is 12.1 Å². The molecule has 5 nitrogen and oxygen atoms in total. The zero-order chi connectivity index (χ0) is 15.4. The summed E-state index contributed by atoms with van der Waals surface area (Å²) < 4.78 is 5.15. The molecule has 0 radical (unpaired) electrons. The number of likely N-dealkylation sites (N-methyl/N-ethyl adjacent to an activating group) is 1. The molecule has 1 saturated heterocycles. The van der Waals surface area contributed by atoms with Crippen LogP contribution in [-0.2, 0) is 0 Å².